The third-order valence-electron chi connectivity index (χ3n) is 2.29. The molecule has 0 aliphatic heterocycles. The van der Waals surface area contributed by atoms with Crippen LogP contribution in [0.5, 0.6) is 0 Å². The molecule has 0 spiro atoms. The Morgan fingerprint density at radius 3 is 2.68 bits per heavy atom. The molecule has 0 radical (unpaired) electrons. The van der Waals surface area contributed by atoms with Crippen LogP contribution in [0.1, 0.15) is 16.1 Å². The monoisotopic (exact) mass is 259 g/mol. The van der Waals surface area contributed by atoms with Gasteiger partial charge in [0.15, 0.2) is 5.76 Å². The van der Waals surface area contributed by atoms with Crippen LogP contribution >= 0.6 is 0 Å². The number of benzene rings is 1. The number of hydrogen-bond donors (Lipinski definition) is 1. The predicted molar refractivity (Wildman–Crippen MR) is 67.6 cm³/mol. The molecule has 7 nitrogen and oxygen atoms in total. The van der Waals surface area contributed by atoms with Gasteiger partial charge in [0.1, 0.15) is 4.92 Å². The van der Waals surface area contributed by atoms with Gasteiger partial charge in [-0.2, -0.15) is 0 Å². The Bertz CT molecular complexity index is 660. The molecule has 0 saturated heterocycles. The second kappa shape index (κ2) is 5.13. The normalized spacial score (nSPS) is 10.7. The third-order valence-corrected chi connectivity index (χ3v) is 2.29. The average Bonchev–Trinajstić information content (AvgIpc) is 2.85. The molecule has 0 unspecified atom stereocenters. The first-order chi connectivity index (χ1) is 9.08. The van der Waals surface area contributed by atoms with E-state index in [1.54, 1.807) is 24.3 Å². The molecule has 1 aromatic heterocycles. The lowest BCUT2D eigenvalue weighted by atomic mass is 10.2. The first-order valence-corrected chi connectivity index (χ1v) is 5.25. The highest BCUT2D eigenvalue weighted by Gasteiger charge is 2.10. The number of nitro groups is 1. The number of hydrogen-bond acceptors (Lipinski definition) is 5. The number of furan rings is 1. The highest BCUT2D eigenvalue weighted by molar-refractivity contribution is 5.98. The summed E-state index contributed by atoms with van der Waals surface area (Å²) >= 11 is 0. The van der Waals surface area contributed by atoms with Gasteiger partial charge in [0, 0.05) is 0 Å². The van der Waals surface area contributed by atoms with E-state index in [2.05, 4.69) is 4.99 Å². The van der Waals surface area contributed by atoms with Crippen LogP contribution in [-0.4, -0.2) is 17.0 Å². The largest absolute Gasteiger partial charge is 0.433 e. The first kappa shape index (κ1) is 12.5. The number of rotatable bonds is 4. The van der Waals surface area contributed by atoms with Gasteiger partial charge in [-0.25, -0.2) is 0 Å². The van der Waals surface area contributed by atoms with E-state index < -0.39 is 10.8 Å². The van der Waals surface area contributed by atoms with Crippen molar-refractivity contribution in [3.8, 4) is 0 Å². The summed E-state index contributed by atoms with van der Waals surface area (Å²) in [4.78, 5) is 25.0. The summed E-state index contributed by atoms with van der Waals surface area (Å²) in [6.45, 7) is 0. The number of amides is 1. The Morgan fingerprint density at radius 2 is 2.05 bits per heavy atom. The summed E-state index contributed by atoms with van der Waals surface area (Å²) in [6, 6.07) is 9.14. The Kier molecular flexibility index (Phi) is 3.37. The molecular formula is C12H9N3O4. The fourth-order valence-corrected chi connectivity index (χ4v) is 1.44. The van der Waals surface area contributed by atoms with Crippen molar-refractivity contribution < 1.29 is 14.1 Å². The minimum Gasteiger partial charge on any atom is -0.400 e. The van der Waals surface area contributed by atoms with E-state index in [-0.39, 0.29) is 17.2 Å². The van der Waals surface area contributed by atoms with E-state index in [1.165, 1.54) is 18.3 Å². The molecule has 2 N–H and O–H groups in total. The molecule has 1 aromatic carbocycles. The SMILES string of the molecule is NC(=O)c1ccccc1N=Cc1ccc([N+](=O)[O-])o1. The minimum atomic E-state index is -0.644. The van der Waals surface area contributed by atoms with Crippen LogP contribution in [0, 0.1) is 10.1 Å². The van der Waals surface area contributed by atoms with Crippen LogP contribution < -0.4 is 5.73 Å². The van der Waals surface area contributed by atoms with Crippen LogP contribution in [0.4, 0.5) is 11.6 Å². The maximum absolute atomic E-state index is 11.2. The Morgan fingerprint density at radius 1 is 1.32 bits per heavy atom. The van der Waals surface area contributed by atoms with Crippen molar-refractivity contribution >= 4 is 23.7 Å². The van der Waals surface area contributed by atoms with Crippen molar-refractivity contribution in [3.05, 3.63) is 57.8 Å². The number of para-hydroxylation sites is 1. The molecule has 7 heteroatoms. The molecule has 0 saturated carbocycles. The summed E-state index contributed by atoms with van der Waals surface area (Å²) < 4.78 is 4.90. The van der Waals surface area contributed by atoms with Crippen LogP contribution in [0.3, 0.4) is 0 Å². The predicted octanol–water partition coefficient (Wildman–Crippen LogP) is 2.04. The van der Waals surface area contributed by atoms with Crippen molar-refractivity contribution in [2.75, 3.05) is 0 Å². The maximum Gasteiger partial charge on any atom is 0.433 e. The number of nitrogens with two attached hydrogens (primary N) is 1. The zero-order valence-corrected chi connectivity index (χ0v) is 9.65. The molecule has 1 heterocycles. The quantitative estimate of drug-likeness (QED) is 0.514. The lowest BCUT2D eigenvalue weighted by molar-refractivity contribution is -0.402. The summed E-state index contributed by atoms with van der Waals surface area (Å²) in [6.07, 6.45) is 1.29. The van der Waals surface area contributed by atoms with E-state index >= 15 is 0 Å². The number of carbonyl (C=O) groups excluding carboxylic acids is 1. The van der Waals surface area contributed by atoms with E-state index in [1.807, 2.05) is 0 Å². The fourth-order valence-electron chi connectivity index (χ4n) is 1.44. The molecular weight excluding hydrogens is 250 g/mol. The van der Waals surface area contributed by atoms with Gasteiger partial charge in [-0.15, -0.1) is 0 Å². The molecule has 0 atom stereocenters. The van der Waals surface area contributed by atoms with Gasteiger partial charge in [0.05, 0.1) is 23.5 Å². The molecule has 0 bridgehead atoms. The molecule has 0 fully saturated rings. The van der Waals surface area contributed by atoms with Gasteiger partial charge in [-0.1, -0.05) is 12.1 Å². The van der Waals surface area contributed by atoms with E-state index in [0.717, 1.165) is 0 Å². The molecule has 0 aliphatic rings. The number of primary amides is 1. The molecule has 19 heavy (non-hydrogen) atoms. The van der Waals surface area contributed by atoms with Gasteiger partial charge in [0.25, 0.3) is 5.91 Å². The van der Waals surface area contributed by atoms with Crippen molar-refractivity contribution in [2.45, 2.75) is 0 Å². The van der Waals surface area contributed by atoms with E-state index in [4.69, 9.17) is 10.2 Å². The summed E-state index contributed by atoms with van der Waals surface area (Å²) in [5.74, 6) is -0.756. The van der Waals surface area contributed by atoms with Crippen molar-refractivity contribution in [2.24, 2.45) is 10.7 Å². The molecule has 1 amide bonds. The molecule has 96 valence electrons. The lowest BCUT2D eigenvalue weighted by Crippen LogP contribution is -2.10. The molecule has 2 rings (SSSR count). The number of carbonyl (C=O) groups is 1. The van der Waals surface area contributed by atoms with Gasteiger partial charge in [-0.05, 0) is 18.2 Å². The third kappa shape index (κ3) is 2.83. The molecule has 2 aromatic rings. The zero-order chi connectivity index (χ0) is 13.8. The molecule has 0 aliphatic carbocycles. The van der Waals surface area contributed by atoms with Crippen LogP contribution in [0.2, 0.25) is 0 Å². The highest BCUT2D eigenvalue weighted by atomic mass is 16.6. The minimum absolute atomic E-state index is 0.214. The van der Waals surface area contributed by atoms with E-state index in [9.17, 15) is 14.9 Å². The van der Waals surface area contributed by atoms with Gasteiger partial charge < -0.3 is 10.2 Å². The lowest BCUT2D eigenvalue weighted by Gasteiger charge is -1.99. The standard InChI is InChI=1S/C12H9N3O4/c13-12(16)9-3-1-2-4-10(9)14-7-8-5-6-11(19-8)15(17)18/h1-7H,(H2,13,16). The van der Waals surface area contributed by atoms with Gasteiger partial charge in [-0.3, -0.25) is 19.9 Å². The summed E-state index contributed by atoms with van der Waals surface area (Å²) in [5.41, 5.74) is 5.83. The summed E-state index contributed by atoms with van der Waals surface area (Å²) in [5, 5.41) is 10.4. The van der Waals surface area contributed by atoms with Crippen molar-refractivity contribution in [1.29, 1.82) is 0 Å². The van der Waals surface area contributed by atoms with Crippen molar-refractivity contribution in [3.63, 3.8) is 0 Å². The van der Waals surface area contributed by atoms with E-state index in [0.29, 0.717) is 5.69 Å². The second-order valence-corrected chi connectivity index (χ2v) is 3.57. The summed E-state index contributed by atoms with van der Waals surface area (Å²) in [7, 11) is 0. The topological polar surface area (TPSA) is 112 Å². The fraction of sp³-hybridized carbons (Fsp3) is 0. The Labute approximate surface area is 107 Å². The van der Waals surface area contributed by atoms with Crippen LogP contribution in [0.25, 0.3) is 0 Å². The second-order valence-electron chi connectivity index (χ2n) is 3.57. The van der Waals surface area contributed by atoms with Gasteiger partial charge >= 0.3 is 5.88 Å². The number of aliphatic imine (C=N–C) groups is 1. The number of nitrogens with zero attached hydrogens (tertiary/aromatic N) is 2. The average molecular weight is 259 g/mol. The Balaban J connectivity index is 2.27. The smallest absolute Gasteiger partial charge is 0.400 e. The first-order valence-electron chi connectivity index (χ1n) is 5.25. The van der Waals surface area contributed by atoms with Crippen LogP contribution in [0.15, 0.2) is 45.8 Å². The van der Waals surface area contributed by atoms with Crippen molar-refractivity contribution in [1.82, 2.24) is 0 Å². The van der Waals surface area contributed by atoms with Crippen LogP contribution in [-0.2, 0) is 0 Å². The van der Waals surface area contributed by atoms with Gasteiger partial charge in [0.2, 0.25) is 0 Å². The Hall–Kier alpha value is -2.96. The maximum atomic E-state index is 11.2. The zero-order valence-electron chi connectivity index (χ0n) is 9.65. The highest BCUT2D eigenvalue weighted by Crippen LogP contribution is 2.19.